The highest BCUT2D eigenvalue weighted by Crippen LogP contribution is 2.16. The lowest BCUT2D eigenvalue weighted by atomic mass is 10.0. The van der Waals surface area contributed by atoms with Gasteiger partial charge in [-0.25, -0.2) is 0 Å². The van der Waals surface area contributed by atoms with Crippen LogP contribution in [0.2, 0.25) is 0 Å². The van der Waals surface area contributed by atoms with E-state index in [-0.39, 0.29) is 11.9 Å². The van der Waals surface area contributed by atoms with Crippen molar-refractivity contribution in [2.45, 2.75) is 52.5 Å². The molecule has 1 atom stereocenters. The maximum Gasteiger partial charge on any atom is 0.312 e. The molecule has 0 aliphatic carbocycles. The highest BCUT2D eigenvalue weighted by Gasteiger charge is 2.27. The van der Waals surface area contributed by atoms with Gasteiger partial charge in [0, 0.05) is 19.1 Å². The van der Waals surface area contributed by atoms with Crippen molar-refractivity contribution in [1.29, 1.82) is 0 Å². The second-order valence-electron chi connectivity index (χ2n) is 5.28. The Labute approximate surface area is 104 Å². The molecule has 1 unspecified atom stereocenters. The van der Waals surface area contributed by atoms with Gasteiger partial charge in [-0.15, -0.1) is 0 Å². The van der Waals surface area contributed by atoms with Gasteiger partial charge in [0.25, 0.3) is 0 Å². The quantitative estimate of drug-likeness (QED) is 0.761. The molecule has 1 N–H and O–H groups in total. The van der Waals surface area contributed by atoms with E-state index in [4.69, 9.17) is 0 Å². The lowest BCUT2D eigenvalue weighted by Crippen LogP contribution is -2.49. The Morgan fingerprint density at radius 3 is 2.65 bits per heavy atom. The van der Waals surface area contributed by atoms with Gasteiger partial charge in [-0.3, -0.25) is 9.59 Å². The van der Waals surface area contributed by atoms with Gasteiger partial charge in [-0.2, -0.15) is 0 Å². The van der Waals surface area contributed by atoms with E-state index in [1.165, 1.54) is 0 Å². The van der Waals surface area contributed by atoms with Gasteiger partial charge in [-0.05, 0) is 38.5 Å². The Hall–Kier alpha value is -1.06. The van der Waals surface area contributed by atoms with E-state index in [9.17, 15) is 9.59 Å². The van der Waals surface area contributed by atoms with Gasteiger partial charge >= 0.3 is 11.8 Å². The number of hydrogen-bond donors (Lipinski definition) is 1. The van der Waals surface area contributed by atoms with Crippen molar-refractivity contribution in [3.05, 3.63) is 0 Å². The molecule has 4 heteroatoms. The summed E-state index contributed by atoms with van der Waals surface area (Å²) in [6.07, 6.45) is 4.08. The third-order valence-corrected chi connectivity index (χ3v) is 3.27. The van der Waals surface area contributed by atoms with E-state index < -0.39 is 5.91 Å². The summed E-state index contributed by atoms with van der Waals surface area (Å²) in [5, 5.41) is 2.70. The number of hydrogen-bond acceptors (Lipinski definition) is 2. The van der Waals surface area contributed by atoms with Crippen LogP contribution in [0.25, 0.3) is 0 Å². The van der Waals surface area contributed by atoms with Crippen LogP contribution >= 0.6 is 0 Å². The first kappa shape index (κ1) is 14.0. The molecule has 1 aliphatic heterocycles. The van der Waals surface area contributed by atoms with Crippen LogP contribution in [0.4, 0.5) is 0 Å². The standard InChI is InChI=1S/C13H24N2O2/c1-10(2)7-8-14-12(16)13(17)15-9-5-4-6-11(15)3/h10-11H,4-9H2,1-3H3,(H,14,16). The van der Waals surface area contributed by atoms with E-state index in [2.05, 4.69) is 19.2 Å². The van der Waals surface area contributed by atoms with Crippen molar-refractivity contribution in [3.63, 3.8) is 0 Å². The third kappa shape index (κ3) is 4.36. The van der Waals surface area contributed by atoms with Gasteiger partial charge in [0.2, 0.25) is 0 Å². The second kappa shape index (κ2) is 6.62. The SMILES string of the molecule is CC(C)CCNC(=O)C(=O)N1CCCCC1C. The molecule has 1 aliphatic rings. The largest absolute Gasteiger partial charge is 0.348 e. The van der Waals surface area contributed by atoms with Crippen LogP contribution in [0.15, 0.2) is 0 Å². The van der Waals surface area contributed by atoms with E-state index in [0.29, 0.717) is 12.5 Å². The van der Waals surface area contributed by atoms with Crippen molar-refractivity contribution >= 4 is 11.8 Å². The van der Waals surface area contributed by atoms with Crippen LogP contribution in [0.1, 0.15) is 46.5 Å². The maximum atomic E-state index is 11.9. The zero-order valence-corrected chi connectivity index (χ0v) is 11.2. The summed E-state index contributed by atoms with van der Waals surface area (Å²) in [7, 11) is 0. The van der Waals surface area contributed by atoms with Gasteiger partial charge in [0.15, 0.2) is 0 Å². The first-order chi connectivity index (χ1) is 8.02. The molecule has 4 nitrogen and oxygen atoms in total. The Balaban J connectivity index is 2.37. The number of rotatable bonds is 3. The summed E-state index contributed by atoms with van der Waals surface area (Å²) in [5.74, 6) is -0.264. The molecule has 0 aromatic carbocycles. The molecule has 0 aromatic rings. The molecule has 2 amide bonds. The molecule has 0 radical (unpaired) electrons. The summed E-state index contributed by atoms with van der Waals surface area (Å²) < 4.78 is 0. The number of nitrogens with zero attached hydrogens (tertiary/aromatic N) is 1. The zero-order chi connectivity index (χ0) is 12.8. The van der Waals surface area contributed by atoms with E-state index in [0.717, 1.165) is 32.2 Å². The smallest absolute Gasteiger partial charge is 0.312 e. The van der Waals surface area contributed by atoms with Crippen molar-refractivity contribution in [2.75, 3.05) is 13.1 Å². The predicted octanol–water partition coefficient (Wildman–Crippen LogP) is 1.55. The number of carbonyl (C=O) groups excluding carboxylic acids is 2. The summed E-state index contributed by atoms with van der Waals surface area (Å²) in [5.41, 5.74) is 0. The minimum absolute atomic E-state index is 0.201. The molecular formula is C13H24N2O2. The highest BCUT2D eigenvalue weighted by atomic mass is 16.2. The molecular weight excluding hydrogens is 216 g/mol. The lowest BCUT2D eigenvalue weighted by Gasteiger charge is -2.32. The number of carbonyl (C=O) groups is 2. The topological polar surface area (TPSA) is 49.4 Å². The zero-order valence-electron chi connectivity index (χ0n) is 11.2. The molecule has 0 spiro atoms. The fraction of sp³-hybridized carbons (Fsp3) is 0.846. The number of nitrogens with one attached hydrogen (secondary N) is 1. The first-order valence-corrected chi connectivity index (χ1v) is 6.61. The van der Waals surface area contributed by atoms with Gasteiger partial charge in [0.1, 0.15) is 0 Å². The number of likely N-dealkylation sites (tertiary alicyclic amines) is 1. The van der Waals surface area contributed by atoms with Gasteiger partial charge in [-0.1, -0.05) is 13.8 Å². The normalized spacial score (nSPS) is 20.5. The van der Waals surface area contributed by atoms with E-state index >= 15 is 0 Å². The average molecular weight is 240 g/mol. The van der Waals surface area contributed by atoms with E-state index in [1.54, 1.807) is 4.90 Å². The fourth-order valence-corrected chi connectivity index (χ4v) is 2.08. The van der Waals surface area contributed by atoms with Gasteiger partial charge in [0.05, 0.1) is 0 Å². The summed E-state index contributed by atoms with van der Waals surface area (Å²) in [4.78, 5) is 25.3. The highest BCUT2D eigenvalue weighted by molar-refractivity contribution is 6.35. The molecule has 0 bridgehead atoms. The number of amides is 2. The second-order valence-corrected chi connectivity index (χ2v) is 5.28. The molecule has 17 heavy (non-hydrogen) atoms. The predicted molar refractivity (Wildman–Crippen MR) is 67.5 cm³/mol. The summed E-state index contributed by atoms with van der Waals surface area (Å²) in [6.45, 7) is 7.52. The summed E-state index contributed by atoms with van der Waals surface area (Å²) >= 11 is 0. The molecule has 1 rings (SSSR count). The fourth-order valence-electron chi connectivity index (χ4n) is 2.08. The van der Waals surface area contributed by atoms with Crippen LogP contribution < -0.4 is 5.32 Å². The Kier molecular flexibility index (Phi) is 5.45. The summed E-state index contributed by atoms with van der Waals surface area (Å²) in [6, 6.07) is 0.201. The molecule has 98 valence electrons. The van der Waals surface area contributed by atoms with Crippen molar-refractivity contribution in [2.24, 2.45) is 5.92 Å². The Morgan fingerprint density at radius 1 is 1.35 bits per heavy atom. The third-order valence-electron chi connectivity index (χ3n) is 3.27. The average Bonchev–Trinajstić information content (AvgIpc) is 2.28. The van der Waals surface area contributed by atoms with Crippen LogP contribution in [0, 0.1) is 5.92 Å². The first-order valence-electron chi connectivity index (χ1n) is 6.61. The lowest BCUT2D eigenvalue weighted by molar-refractivity contribution is -0.148. The number of piperidine rings is 1. The minimum Gasteiger partial charge on any atom is -0.348 e. The van der Waals surface area contributed by atoms with Crippen LogP contribution in [0.5, 0.6) is 0 Å². The van der Waals surface area contributed by atoms with Crippen LogP contribution in [0.3, 0.4) is 0 Å². The van der Waals surface area contributed by atoms with E-state index in [1.807, 2.05) is 6.92 Å². The molecule has 1 heterocycles. The molecule has 1 fully saturated rings. The van der Waals surface area contributed by atoms with Crippen molar-refractivity contribution < 1.29 is 9.59 Å². The molecule has 0 aromatic heterocycles. The van der Waals surface area contributed by atoms with Crippen molar-refractivity contribution in [1.82, 2.24) is 10.2 Å². The van der Waals surface area contributed by atoms with Crippen LogP contribution in [-0.2, 0) is 9.59 Å². The van der Waals surface area contributed by atoms with Crippen LogP contribution in [-0.4, -0.2) is 35.8 Å². The van der Waals surface area contributed by atoms with Gasteiger partial charge < -0.3 is 10.2 Å². The molecule has 0 saturated carbocycles. The Bertz CT molecular complexity index is 277. The van der Waals surface area contributed by atoms with Crippen molar-refractivity contribution in [3.8, 4) is 0 Å². The maximum absolute atomic E-state index is 11.9. The monoisotopic (exact) mass is 240 g/mol. The Morgan fingerprint density at radius 2 is 2.06 bits per heavy atom. The molecule has 1 saturated heterocycles. The minimum atomic E-state index is -0.445.